The second-order valence-electron chi connectivity index (χ2n) is 11.0. The summed E-state index contributed by atoms with van der Waals surface area (Å²) in [6.07, 6.45) is 4.37. The summed E-state index contributed by atoms with van der Waals surface area (Å²) in [6, 6.07) is 24.6. The number of carbonyl (C=O) groups is 4. The van der Waals surface area contributed by atoms with Gasteiger partial charge in [-0.1, -0.05) is 42.5 Å². The predicted octanol–water partition coefficient (Wildman–Crippen LogP) is 5.01. The third kappa shape index (κ3) is 8.46. The number of likely N-dealkylation sites (tertiary alicyclic amines) is 1. The summed E-state index contributed by atoms with van der Waals surface area (Å²) in [7, 11) is 0. The molecule has 2 aliphatic heterocycles. The zero-order chi connectivity index (χ0) is 31.8. The fraction of sp³-hybridized carbons (Fsp3) is 0.294. The normalized spacial score (nSPS) is 16.1. The predicted molar refractivity (Wildman–Crippen MR) is 173 cm³/mol. The van der Waals surface area contributed by atoms with Gasteiger partial charge in [0.05, 0.1) is 0 Å². The molecule has 11 heteroatoms. The van der Waals surface area contributed by atoms with Gasteiger partial charge in [0.15, 0.2) is 0 Å². The first-order valence-corrected chi connectivity index (χ1v) is 15.7. The number of hydrogen-bond acceptors (Lipinski definition) is 7. The average Bonchev–Trinajstić information content (AvgIpc) is 3.80. The maximum absolute atomic E-state index is 12.5. The molecule has 234 valence electrons. The zero-order valence-electron chi connectivity index (χ0n) is 24.7. The number of nitrogens with one attached hydrogen (secondary N) is 2. The highest BCUT2D eigenvalue weighted by atomic mass is 32.1. The van der Waals surface area contributed by atoms with Crippen LogP contribution in [0.4, 0.5) is 5.69 Å². The van der Waals surface area contributed by atoms with Crippen molar-refractivity contribution in [3.63, 3.8) is 0 Å². The molecule has 0 aliphatic carbocycles. The number of hydrogen-bond donors (Lipinski definition) is 4. The molecule has 0 spiro atoms. The molecule has 0 radical (unpaired) electrons. The minimum atomic E-state index is -1.82. The number of fused-ring (bicyclic) bond motifs is 1. The number of anilines is 1. The number of aliphatic carboxylic acids is 2. The van der Waals surface area contributed by atoms with E-state index in [4.69, 9.17) is 24.5 Å². The Labute approximate surface area is 264 Å². The molecule has 45 heavy (non-hydrogen) atoms. The van der Waals surface area contributed by atoms with Crippen molar-refractivity contribution in [2.75, 3.05) is 31.6 Å². The van der Waals surface area contributed by atoms with Gasteiger partial charge in [0.2, 0.25) is 11.8 Å². The van der Waals surface area contributed by atoms with E-state index in [1.54, 1.807) is 11.3 Å². The molecule has 3 heterocycles. The number of nitrogens with zero attached hydrogens (tertiary/aromatic N) is 1. The number of benzene rings is 3. The van der Waals surface area contributed by atoms with Crippen LogP contribution in [0.25, 0.3) is 20.5 Å². The van der Waals surface area contributed by atoms with Crippen LogP contribution in [0.2, 0.25) is 0 Å². The Morgan fingerprint density at radius 2 is 1.62 bits per heavy atom. The highest BCUT2D eigenvalue weighted by Crippen LogP contribution is 2.40. The van der Waals surface area contributed by atoms with Crippen LogP contribution in [0.5, 0.6) is 5.75 Å². The molecule has 6 rings (SSSR count). The first-order valence-electron chi connectivity index (χ1n) is 14.9. The number of thiophene rings is 1. The number of carboxylic acid groups (broad SMARTS) is 2. The number of amides is 2. The van der Waals surface area contributed by atoms with E-state index in [2.05, 4.69) is 76.2 Å². The van der Waals surface area contributed by atoms with Gasteiger partial charge in [-0.2, -0.15) is 0 Å². The highest BCUT2D eigenvalue weighted by molar-refractivity contribution is 7.22. The van der Waals surface area contributed by atoms with Crippen molar-refractivity contribution >= 4 is 50.9 Å². The maximum Gasteiger partial charge on any atom is 0.414 e. The molecule has 0 saturated carbocycles. The number of carbonyl (C=O) groups excluding carboxylic acids is 2. The maximum atomic E-state index is 12.5. The molecule has 2 amide bonds. The van der Waals surface area contributed by atoms with Crippen molar-refractivity contribution in [1.82, 2.24) is 10.2 Å². The lowest BCUT2D eigenvalue weighted by atomic mass is 9.99. The van der Waals surface area contributed by atoms with Crippen LogP contribution in [0.15, 0.2) is 72.8 Å². The molecule has 4 aromatic rings. The van der Waals surface area contributed by atoms with Gasteiger partial charge >= 0.3 is 11.9 Å². The summed E-state index contributed by atoms with van der Waals surface area (Å²) in [5, 5.41) is 21.7. The second-order valence-corrected chi connectivity index (χ2v) is 12.0. The fourth-order valence-corrected chi connectivity index (χ4v) is 6.69. The summed E-state index contributed by atoms with van der Waals surface area (Å²) >= 11 is 1.80. The van der Waals surface area contributed by atoms with E-state index >= 15 is 0 Å². The van der Waals surface area contributed by atoms with Gasteiger partial charge in [-0.05, 0) is 91.2 Å². The van der Waals surface area contributed by atoms with E-state index in [1.165, 1.54) is 52.0 Å². The van der Waals surface area contributed by atoms with Crippen LogP contribution in [-0.2, 0) is 25.6 Å². The van der Waals surface area contributed by atoms with Crippen LogP contribution >= 0.6 is 11.3 Å². The molecular weight excluding hydrogens is 594 g/mol. The van der Waals surface area contributed by atoms with Gasteiger partial charge in [-0.15, -0.1) is 11.3 Å². The van der Waals surface area contributed by atoms with Gasteiger partial charge in [-0.3, -0.25) is 14.5 Å². The molecule has 2 fully saturated rings. The van der Waals surface area contributed by atoms with Gasteiger partial charge in [0.25, 0.3) is 0 Å². The first-order chi connectivity index (χ1) is 21.8. The second kappa shape index (κ2) is 14.8. The molecule has 1 aromatic heterocycles. The fourth-order valence-electron chi connectivity index (χ4n) is 5.46. The Kier molecular flexibility index (Phi) is 10.4. The zero-order valence-corrected chi connectivity index (χ0v) is 25.5. The number of ether oxygens (including phenoxy) is 1. The van der Waals surface area contributed by atoms with Crippen LogP contribution in [-0.4, -0.2) is 71.1 Å². The largest absolute Gasteiger partial charge is 0.492 e. The quantitative estimate of drug-likeness (QED) is 0.189. The Morgan fingerprint density at radius 3 is 2.27 bits per heavy atom. The lowest BCUT2D eigenvalue weighted by molar-refractivity contribution is -0.159. The summed E-state index contributed by atoms with van der Waals surface area (Å²) in [5.41, 5.74) is 4.41. The minimum absolute atomic E-state index is 0.0672. The number of rotatable bonds is 9. The standard InChI is InChI=1S/C32H33N3O3S.C2H2O4/c36-30-16-15-28(34-30)32(37)33-24-11-9-23(10-12-24)31-27(26-5-1-2-6-29(26)39-31)21-22-7-13-25(14-8-22)38-20-19-35-17-3-4-18-35;3-1(4)2(5)6/h1-2,5-14,28H,3-4,15-21H2,(H,33,37)(H,34,36);(H,3,4)(H,5,6). The molecular formula is C34H35N3O7S. The minimum Gasteiger partial charge on any atom is -0.492 e. The Morgan fingerprint density at radius 1 is 0.933 bits per heavy atom. The van der Waals surface area contributed by atoms with Crippen LogP contribution in [0.1, 0.15) is 36.8 Å². The van der Waals surface area contributed by atoms with Gasteiger partial charge in [0, 0.05) is 28.2 Å². The molecule has 2 aliphatic rings. The molecule has 2 saturated heterocycles. The molecule has 1 atom stereocenters. The van der Waals surface area contributed by atoms with Crippen molar-refractivity contribution in [2.45, 2.75) is 38.1 Å². The van der Waals surface area contributed by atoms with E-state index in [-0.39, 0.29) is 11.8 Å². The van der Waals surface area contributed by atoms with E-state index < -0.39 is 18.0 Å². The van der Waals surface area contributed by atoms with Crippen molar-refractivity contribution in [1.29, 1.82) is 0 Å². The third-order valence-electron chi connectivity index (χ3n) is 7.79. The van der Waals surface area contributed by atoms with E-state index in [0.717, 1.165) is 36.6 Å². The van der Waals surface area contributed by atoms with E-state index in [0.29, 0.717) is 12.8 Å². The van der Waals surface area contributed by atoms with Crippen LogP contribution in [0, 0.1) is 0 Å². The molecule has 3 aromatic carbocycles. The first kappa shape index (κ1) is 31.7. The summed E-state index contributed by atoms with van der Waals surface area (Å²) in [4.78, 5) is 45.9. The van der Waals surface area contributed by atoms with Gasteiger partial charge in [0.1, 0.15) is 18.4 Å². The summed E-state index contributed by atoms with van der Waals surface area (Å²) in [6.45, 7) is 4.10. The molecule has 1 unspecified atom stereocenters. The summed E-state index contributed by atoms with van der Waals surface area (Å²) in [5.74, 6) is -2.96. The summed E-state index contributed by atoms with van der Waals surface area (Å²) < 4.78 is 7.27. The van der Waals surface area contributed by atoms with Crippen molar-refractivity contribution in [3.8, 4) is 16.2 Å². The van der Waals surface area contributed by atoms with Crippen molar-refractivity contribution in [2.24, 2.45) is 0 Å². The van der Waals surface area contributed by atoms with E-state index in [1.807, 2.05) is 12.1 Å². The topological polar surface area (TPSA) is 145 Å². The molecule has 4 N–H and O–H groups in total. The monoisotopic (exact) mass is 629 g/mol. The highest BCUT2D eigenvalue weighted by Gasteiger charge is 2.27. The molecule has 0 bridgehead atoms. The van der Waals surface area contributed by atoms with Crippen LogP contribution in [0.3, 0.4) is 0 Å². The van der Waals surface area contributed by atoms with Crippen LogP contribution < -0.4 is 15.4 Å². The SMILES string of the molecule is O=C(O)C(=O)O.O=C1CCC(C(=O)Nc2ccc(-c3sc4ccccc4c3Cc3ccc(OCCN4CCCC4)cc3)cc2)N1. The Hall–Kier alpha value is -4.74. The lowest BCUT2D eigenvalue weighted by Gasteiger charge is -2.15. The van der Waals surface area contributed by atoms with Crippen molar-refractivity contribution < 1.29 is 34.1 Å². The lowest BCUT2D eigenvalue weighted by Crippen LogP contribution is -2.37. The van der Waals surface area contributed by atoms with Gasteiger partial charge < -0.3 is 25.6 Å². The van der Waals surface area contributed by atoms with Gasteiger partial charge in [-0.25, -0.2) is 9.59 Å². The number of carboxylic acids is 2. The average molecular weight is 630 g/mol. The van der Waals surface area contributed by atoms with Crippen molar-refractivity contribution in [3.05, 3.63) is 83.9 Å². The third-order valence-corrected chi connectivity index (χ3v) is 9.05. The molecule has 10 nitrogen and oxygen atoms in total. The Bertz CT molecular complexity index is 1650. The smallest absolute Gasteiger partial charge is 0.414 e. The van der Waals surface area contributed by atoms with E-state index in [9.17, 15) is 9.59 Å². The Balaban J connectivity index is 0.000000609.